The fourth-order valence-corrected chi connectivity index (χ4v) is 3.66. The molecule has 0 aromatic rings. The van der Waals surface area contributed by atoms with Gasteiger partial charge in [-0.15, -0.1) is 0 Å². The third-order valence-corrected chi connectivity index (χ3v) is 5.01. The van der Waals surface area contributed by atoms with E-state index in [2.05, 4.69) is 27.7 Å². The van der Waals surface area contributed by atoms with Crippen LogP contribution in [0.15, 0.2) is 0 Å². The quantitative estimate of drug-likeness (QED) is 0.252. The van der Waals surface area contributed by atoms with E-state index in [1.54, 1.807) is 0 Å². The van der Waals surface area contributed by atoms with Crippen molar-refractivity contribution in [1.29, 1.82) is 0 Å². The summed E-state index contributed by atoms with van der Waals surface area (Å²) in [6, 6.07) is 0. The first-order chi connectivity index (χ1) is 10.3. The molecule has 0 nitrogen and oxygen atoms in total. The minimum Gasteiger partial charge on any atom is -0.0654 e. The molecule has 0 heteroatoms. The van der Waals surface area contributed by atoms with Gasteiger partial charge < -0.3 is 0 Å². The standard InChI is InChI=1S/C21H44/c1-5-9-12-13-14-18-20(15-8-4)19-21(16-10-6-2)17-11-7-3/h20-21H,5-19H2,1-4H3. The molecule has 1 atom stereocenters. The van der Waals surface area contributed by atoms with Crippen molar-refractivity contribution in [3.05, 3.63) is 0 Å². The average Bonchev–Trinajstić information content (AvgIpc) is 2.49. The van der Waals surface area contributed by atoms with Gasteiger partial charge in [-0.05, 0) is 18.3 Å². The molecule has 0 spiro atoms. The molecule has 0 radical (unpaired) electrons. The lowest BCUT2D eigenvalue weighted by Gasteiger charge is -2.23. The van der Waals surface area contributed by atoms with Crippen LogP contribution in [0.3, 0.4) is 0 Å². The molecule has 1 unspecified atom stereocenters. The van der Waals surface area contributed by atoms with E-state index in [9.17, 15) is 0 Å². The van der Waals surface area contributed by atoms with Crippen molar-refractivity contribution in [3.63, 3.8) is 0 Å². The van der Waals surface area contributed by atoms with Crippen LogP contribution < -0.4 is 0 Å². The Bertz CT molecular complexity index is 176. The van der Waals surface area contributed by atoms with Gasteiger partial charge >= 0.3 is 0 Å². The van der Waals surface area contributed by atoms with Crippen LogP contribution in [0.25, 0.3) is 0 Å². The summed E-state index contributed by atoms with van der Waals surface area (Å²) < 4.78 is 0. The lowest BCUT2D eigenvalue weighted by atomic mass is 9.82. The minimum atomic E-state index is 1.02. The molecule has 0 aliphatic carbocycles. The Morgan fingerprint density at radius 1 is 0.429 bits per heavy atom. The summed E-state index contributed by atoms with van der Waals surface area (Å²) in [4.78, 5) is 0. The zero-order chi connectivity index (χ0) is 15.8. The lowest BCUT2D eigenvalue weighted by molar-refractivity contribution is 0.290. The Kier molecular flexibility index (Phi) is 16.4. The van der Waals surface area contributed by atoms with Crippen LogP contribution >= 0.6 is 0 Å². The normalized spacial score (nSPS) is 13.0. The molecule has 0 saturated heterocycles. The molecule has 0 aliphatic rings. The first kappa shape index (κ1) is 21.0. The molecule has 0 aliphatic heterocycles. The molecule has 0 N–H and O–H groups in total. The largest absolute Gasteiger partial charge is 0.0654 e. The maximum Gasteiger partial charge on any atom is -0.0412 e. The number of hydrogen-bond donors (Lipinski definition) is 0. The smallest absolute Gasteiger partial charge is 0.0412 e. The molecular weight excluding hydrogens is 252 g/mol. The van der Waals surface area contributed by atoms with Crippen molar-refractivity contribution < 1.29 is 0 Å². The van der Waals surface area contributed by atoms with Crippen molar-refractivity contribution in [3.8, 4) is 0 Å². The highest BCUT2D eigenvalue weighted by Gasteiger charge is 2.15. The maximum absolute atomic E-state index is 2.37. The van der Waals surface area contributed by atoms with Gasteiger partial charge in [-0.1, -0.05) is 118 Å². The molecular formula is C21H44. The van der Waals surface area contributed by atoms with Gasteiger partial charge in [0.2, 0.25) is 0 Å². The van der Waals surface area contributed by atoms with Crippen molar-refractivity contribution in [2.45, 2.75) is 124 Å². The van der Waals surface area contributed by atoms with Crippen LogP contribution in [-0.2, 0) is 0 Å². The molecule has 0 fully saturated rings. The van der Waals surface area contributed by atoms with Gasteiger partial charge in [0, 0.05) is 0 Å². The number of hydrogen-bond acceptors (Lipinski definition) is 0. The summed E-state index contributed by atoms with van der Waals surface area (Å²) in [5.74, 6) is 2.05. The monoisotopic (exact) mass is 296 g/mol. The highest BCUT2D eigenvalue weighted by molar-refractivity contribution is 4.68. The molecule has 0 saturated carbocycles. The van der Waals surface area contributed by atoms with Crippen molar-refractivity contribution in [2.75, 3.05) is 0 Å². The van der Waals surface area contributed by atoms with Crippen LogP contribution in [0.1, 0.15) is 124 Å². The van der Waals surface area contributed by atoms with Gasteiger partial charge in [-0.25, -0.2) is 0 Å². The third kappa shape index (κ3) is 13.4. The topological polar surface area (TPSA) is 0 Å². The predicted octanol–water partition coefficient (Wildman–Crippen LogP) is 8.15. The molecule has 0 heterocycles. The zero-order valence-corrected chi connectivity index (χ0v) is 15.8. The Balaban J connectivity index is 4.06. The van der Waals surface area contributed by atoms with Gasteiger partial charge in [0.1, 0.15) is 0 Å². The first-order valence-electron chi connectivity index (χ1n) is 10.3. The fourth-order valence-electron chi connectivity index (χ4n) is 3.66. The summed E-state index contributed by atoms with van der Waals surface area (Å²) in [6.07, 6.45) is 21.8. The summed E-state index contributed by atoms with van der Waals surface area (Å²) in [7, 11) is 0. The summed E-state index contributed by atoms with van der Waals surface area (Å²) >= 11 is 0. The first-order valence-corrected chi connectivity index (χ1v) is 10.3. The third-order valence-electron chi connectivity index (χ3n) is 5.01. The molecule has 0 rings (SSSR count). The van der Waals surface area contributed by atoms with E-state index in [-0.39, 0.29) is 0 Å². The Morgan fingerprint density at radius 3 is 1.43 bits per heavy atom. The SMILES string of the molecule is CCCCCCCC(CCC)CC(CCCC)CCCC. The highest BCUT2D eigenvalue weighted by Crippen LogP contribution is 2.29. The van der Waals surface area contributed by atoms with Gasteiger partial charge in [0.15, 0.2) is 0 Å². The van der Waals surface area contributed by atoms with Crippen LogP contribution in [0.2, 0.25) is 0 Å². The Morgan fingerprint density at radius 2 is 0.905 bits per heavy atom. The summed E-state index contributed by atoms with van der Waals surface area (Å²) in [6.45, 7) is 9.37. The molecule has 0 aromatic heterocycles. The van der Waals surface area contributed by atoms with E-state index in [0.717, 1.165) is 11.8 Å². The molecule has 0 amide bonds. The number of rotatable bonds is 16. The van der Waals surface area contributed by atoms with Crippen LogP contribution in [0, 0.1) is 11.8 Å². The molecule has 0 bridgehead atoms. The summed E-state index contributed by atoms with van der Waals surface area (Å²) in [5, 5.41) is 0. The van der Waals surface area contributed by atoms with E-state index in [4.69, 9.17) is 0 Å². The number of unbranched alkanes of at least 4 members (excludes halogenated alkanes) is 6. The van der Waals surface area contributed by atoms with Crippen LogP contribution in [0.5, 0.6) is 0 Å². The van der Waals surface area contributed by atoms with E-state index in [1.165, 1.54) is 96.3 Å². The van der Waals surface area contributed by atoms with E-state index in [1.807, 2.05) is 0 Å². The van der Waals surface area contributed by atoms with Crippen molar-refractivity contribution in [1.82, 2.24) is 0 Å². The van der Waals surface area contributed by atoms with Crippen molar-refractivity contribution in [2.24, 2.45) is 11.8 Å². The van der Waals surface area contributed by atoms with Gasteiger partial charge in [-0.3, -0.25) is 0 Å². The van der Waals surface area contributed by atoms with E-state index >= 15 is 0 Å². The predicted molar refractivity (Wildman–Crippen MR) is 98.9 cm³/mol. The van der Waals surface area contributed by atoms with Gasteiger partial charge in [0.25, 0.3) is 0 Å². The van der Waals surface area contributed by atoms with Crippen LogP contribution in [-0.4, -0.2) is 0 Å². The second kappa shape index (κ2) is 16.4. The second-order valence-corrected chi connectivity index (χ2v) is 7.24. The van der Waals surface area contributed by atoms with E-state index in [0.29, 0.717) is 0 Å². The lowest BCUT2D eigenvalue weighted by Crippen LogP contribution is -2.10. The molecule has 128 valence electrons. The van der Waals surface area contributed by atoms with E-state index < -0.39 is 0 Å². The van der Waals surface area contributed by atoms with Crippen molar-refractivity contribution >= 4 is 0 Å². The average molecular weight is 297 g/mol. The van der Waals surface area contributed by atoms with Crippen LogP contribution in [0.4, 0.5) is 0 Å². The van der Waals surface area contributed by atoms with Gasteiger partial charge in [-0.2, -0.15) is 0 Å². The minimum absolute atomic E-state index is 1.02. The van der Waals surface area contributed by atoms with Gasteiger partial charge in [0.05, 0.1) is 0 Å². The molecule has 0 aromatic carbocycles. The Hall–Kier alpha value is 0. The second-order valence-electron chi connectivity index (χ2n) is 7.24. The summed E-state index contributed by atoms with van der Waals surface area (Å²) in [5.41, 5.74) is 0. The highest BCUT2D eigenvalue weighted by atomic mass is 14.2. The fraction of sp³-hybridized carbons (Fsp3) is 1.00. The zero-order valence-electron chi connectivity index (χ0n) is 15.8. The molecule has 21 heavy (non-hydrogen) atoms. The Labute approximate surface area is 136 Å². The maximum atomic E-state index is 2.37.